The molecule has 9 nitrogen and oxygen atoms in total. The van der Waals surface area contributed by atoms with Gasteiger partial charge in [0.1, 0.15) is 11.5 Å². The van der Waals surface area contributed by atoms with E-state index in [0.29, 0.717) is 59.0 Å². The fourth-order valence-corrected chi connectivity index (χ4v) is 5.72. The quantitative estimate of drug-likeness (QED) is 0.142. The molecule has 5 rings (SSSR count). The minimum absolute atomic E-state index is 0.0268. The maximum absolute atomic E-state index is 13.7. The smallest absolute Gasteiger partial charge is 0.296 e. The summed E-state index contributed by atoms with van der Waals surface area (Å²) in [7, 11) is 0. The lowest BCUT2D eigenvalue weighted by Gasteiger charge is -2.25. The van der Waals surface area contributed by atoms with Gasteiger partial charge in [-0.05, 0) is 75.2 Å². The average molecular weight is 577 g/mol. The Hall–Kier alpha value is -4.31. The highest BCUT2D eigenvalue weighted by Crippen LogP contribution is 2.46. The summed E-state index contributed by atoms with van der Waals surface area (Å²) in [4.78, 5) is 33.4. The fourth-order valence-electron chi connectivity index (χ4n) is 4.70. The van der Waals surface area contributed by atoms with E-state index in [1.807, 2.05) is 32.0 Å². The number of unbranched alkanes of at least 4 members (excludes halogenated alkanes) is 1. The number of furan rings is 1. The first-order chi connectivity index (χ1) is 19.9. The van der Waals surface area contributed by atoms with Crippen LogP contribution in [-0.4, -0.2) is 41.6 Å². The van der Waals surface area contributed by atoms with E-state index in [2.05, 4.69) is 6.92 Å². The van der Waals surface area contributed by atoms with Crippen LogP contribution in [0.25, 0.3) is 10.2 Å². The number of hydrogen-bond acceptors (Lipinski definition) is 9. The third kappa shape index (κ3) is 5.52. The molecule has 1 aliphatic heterocycles. The molecule has 0 aliphatic carbocycles. The third-order valence-electron chi connectivity index (χ3n) is 6.62. The van der Waals surface area contributed by atoms with E-state index in [0.717, 1.165) is 17.5 Å². The van der Waals surface area contributed by atoms with Crippen LogP contribution in [0.3, 0.4) is 0 Å². The zero-order valence-electron chi connectivity index (χ0n) is 23.4. The lowest BCUT2D eigenvalue weighted by Crippen LogP contribution is -2.31. The van der Waals surface area contributed by atoms with Gasteiger partial charge in [-0.15, -0.1) is 0 Å². The molecule has 1 atom stereocenters. The number of nitrogens with zero attached hydrogens (tertiary/aromatic N) is 2. The highest BCUT2D eigenvalue weighted by Gasteiger charge is 2.46. The number of aliphatic hydroxyl groups is 1. The number of amides is 1. The van der Waals surface area contributed by atoms with Gasteiger partial charge in [0, 0.05) is 0 Å². The number of carbonyl (C=O) groups is 2. The zero-order valence-corrected chi connectivity index (χ0v) is 24.2. The Kier molecular flexibility index (Phi) is 8.30. The molecule has 3 heterocycles. The number of thiazole rings is 1. The molecule has 1 amide bonds. The van der Waals surface area contributed by atoms with Gasteiger partial charge in [-0.25, -0.2) is 4.98 Å². The van der Waals surface area contributed by atoms with Crippen LogP contribution >= 0.6 is 11.3 Å². The van der Waals surface area contributed by atoms with Crippen LogP contribution in [0.2, 0.25) is 0 Å². The van der Waals surface area contributed by atoms with Crippen molar-refractivity contribution in [1.82, 2.24) is 4.98 Å². The van der Waals surface area contributed by atoms with E-state index in [-0.39, 0.29) is 11.3 Å². The second kappa shape index (κ2) is 12.1. The van der Waals surface area contributed by atoms with Crippen LogP contribution in [0.15, 0.2) is 64.3 Å². The Bertz CT molecular complexity index is 1620. The normalized spacial score (nSPS) is 15.2. The average Bonchev–Trinajstić information content (AvgIpc) is 3.65. The van der Waals surface area contributed by atoms with Gasteiger partial charge in [-0.2, -0.15) is 0 Å². The summed E-state index contributed by atoms with van der Waals surface area (Å²) in [6.45, 7) is 9.00. The topological polar surface area (TPSA) is 111 Å². The number of aromatic nitrogens is 1. The lowest BCUT2D eigenvalue weighted by molar-refractivity contribution is -0.117. The zero-order chi connectivity index (χ0) is 29.1. The van der Waals surface area contributed by atoms with Gasteiger partial charge in [-0.3, -0.25) is 14.5 Å². The molecule has 2 aromatic carbocycles. The summed E-state index contributed by atoms with van der Waals surface area (Å²) in [5, 5.41) is 11.5. The number of carbonyl (C=O) groups excluding carboxylic acids is 2. The molecule has 214 valence electrons. The summed E-state index contributed by atoms with van der Waals surface area (Å²) >= 11 is 1.27. The summed E-state index contributed by atoms with van der Waals surface area (Å²) in [5.74, 6) is 0.323. The molecule has 0 radical (unpaired) electrons. The van der Waals surface area contributed by atoms with E-state index in [9.17, 15) is 14.7 Å². The molecule has 0 saturated heterocycles. The van der Waals surface area contributed by atoms with Crippen molar-refractivity contribution in [2.24, 2.45) is 0 Å². The standard InChI is InChI=1S/C31H32N2O7S/c1-5-8-15-39-22-14-10-19(16-24(22)38-7-3)27-26(28(34)23-13-9-18(4)40-23)29(35)30(36)33(27)31-32-21-12-11-20(37-6-2)17-25(21)41-31/h9-14,16-17,27,35H,5-8,15H2,1-4H3. The molecule has 0 spiro atoms. The monoisotopic (exact) mass is 576 g/mol. The first-order valence-corrected chi connectivity index (χ1v) is 14.5. The number of aryl methyl sites for hydroxylation is 1. The number of rotatable bonds is 12. The van der Waals surface area contributed by atoms with E-state index in [4.69, 9.17) is 23.6 Å². The van der Waals surface area contributed by atoms with Crippen molar-refractivity contribution in [1.29, 1.82) is 0 Å². The fraction of sp³-hybridized carbons (Fsp3) is 0.323. The first kappa shape index (κ1) is 28.2. The Morgan fingerprint density at radius 1 is 1.02 bits per heavy atom. The SMILES string of the molecule is CCCCOc1ccc(C2C(C(=O)c3ccc(C)o3)=C(O)C(=O)N2c2nc3ccc(OCC)cc3s2)cc1OCC. The second-order valence-corrected chi connectivity index (χ2v) is 10.5. The number of hydrogen-bond donors (Lipinski definition) is 1. The van der Waals surface area contributed by atoms with E-state index >= 15 is 0 Å². The van der Waals surface area contributed by atoms with Gasteiger partial charge in [0.2, 0.25) is 5.78 Å². The summed E-state index contributed by atoms with van der Waals surface area (Å²) in [5.41, 5.74) is 1.12. The Balaban J connectivity index is 1.63. The van der Waals surface area contributed by atoms with Crippen LogP contribution in [0.1, 0.15) is 61.5 Å². The van der Waals surface area contributed by atoms with Crippen LogP contribution in [0.4, 0.5) is 5.13 Å². The van der Waals surface area contributed by atoms with Crippen LogP contribution < -0.4 is 19.1 Å². The second-order valence-electron chi connectivity index (χ2n) is 9.48. The van der Waals surface area contributed by atoms with Crippen molar-refractivity contribution < 1.29 is 33.3 Å². The van der Waals surface area contributed by atoms with Crippen molar-refractivity contribution in [2.75, 3.05) is 24.7 Å². The number of fused-ring (bicyclic) bond motifs is 1. The molecule has 41 heavy (non-hydrogen) atoms. The molecule has 1 unspecified atom stereocenters. The number of ether oxygens (including phenoxy) is 3. The molecule has 0 saturated carbocycles. The number of benzene rings is 2. The lowest BCUT2D eigenvalue weighted by atomic mass is 9.95. The summed E-state index contributed by atoms with van der Waals surface area (Å²) in [6, 6.07) is 13.0. The van der Waals surface area contributed by atoms with Gasteiger partial charge < -0.3 is 23.7 Å². The van der Waals surface area contributed by atoms with E-state index in [1.165, 1.54) is 22.3 Å². The molecule has 0 bridgehead atoms. The minimum atomic E-state index is -0.990. The molecular formula is C31H32N2O7S. The number of Topliss-reactive ketones (excluding diaryl/α,β-unsaturated/α-hetero) is 1. The van der Waals surface area contributed by atoms with Crippen LogP contribution in [0, 0.1) is 6.92 Å². The molecular weight excluding hydrogens is 544 g/mol. The Morgan fingerprint density at radius 3 is 2.54 bits per heavy atom. The predicted octanol–water partition coefficient (Wildman–Crippen LogP) is 6.96. The molecule has 2 aromatic heterocycles. The maximum Gasteiger partial charge on any atom is 0.296 e. The summed E-state index contributed by atoms with van der Waals surface area (Å²) < 4.78 is 23.9. The van der Waals surface area contributed by atoms with Crippen molar-refractivity contribution in [3.05, 3.63) is 76.9 Å². The van der Waals surface area contributed by atoms with Gasteiger partial charge in [0.25, 0.3) is 5.91 Å². The molecule has 1 aliphatic rings. The van der Waals surface area contributed by atoms with Crippen LogP contribution in [0.5, 0.6) is 17.2 Å². The molecule has 0 fully saturated rings. The summed E-state index contributed by atoms with van der Waals surface area (Å²) in [6.07, 6.45) is 1.87. The van der Waals surface area contributed by atoms with Crippen molar-refractivity contribution in [3.8, 4) is 17.2 Å². The van der Waals surface area contributed by atoms with Gasteiger partial charge in [-0.1, -0.05) is 30.7 Å². The predicted molar refractivity (Wildman–Crippen MR) is 156 cm³/mol. The van der Waals surface area contributed by atoms with E-state index < -0.39 is 23.5 Å². The van der Waals surface area contributed by atoms with Crippen molar-refractivity contribution in [2.45, 2.75) is 46.6 Å². The van der Waals surface area contributed by atoms with Gasteiger partial charge in [0.15, 0.2) is 28.1 Å². The van der Waals surface area contributed by atoms with Gasteiger partial charge >= 0.3 is 0 Å². The third-order valence-corrected chi connectivity index (χ3v) is 7.64. The van der Waals surface area contributed by atoms with Crippen molar-refractivity contribution >= 4 is 38.4 Å². The van der Waals surface area contributed by atoms with Gasteiger partial charge in [0.05, 0.1) is 41.7 Å². The van der Waals surface area contributed by atoms with Crippen LogP contribution in [-0.2, 0) is 4.79 Å². The minimum Gasteiger partial charge on any atom is -0.503 e. The maximum atomic E-state index is 13.7. The van der Waals surface area contributed by atoms with Crippen molar-refractivity contribution in [3.63, 3.8) is 0 Å². The Labute approximate surface area is 242 Å². The number of aliphatic hydroxyl groups excluding tert-OH is 1. The highest BCUT2D eigenvalue weighted by atomic mass is 32.1. The molecule has 10 heteroatoms. The first-order valence-electron chi connectivity index (χ1n) is 13.7. The molecule has 1 N–H and O–H groups in total. The number of anilines is 1. The Morgan fingerprint density at radius 2 is 1.83 bits per heavy atom. The van der Waals surface area contributed by atoms with E-state index in [1.54, 1.807) is 31.2 Å². The number of ketones is 1. The highest BCUT2D eigenvalue weighted by molar-refractivity contribution is 7.22. The molecule has 4 aromatic rings. The largest absolute Gasteiger partial charge is 0.503 e.